The second kappa shape index (κ2) is 5.34. The standard InChI is InChI=1S/C16H17F2NO3/c17-9-2-3-13(18)11(6-9)10-7-12(10)15(22)19-16(4-1-5-16)8-14(20)21/h2-3,6,10,12H,1,4-5,7-8H2,(H,19,22)(H,20,21). The third-order valence-electron chi connectivity index (χ3n) is 4.67. The lowest BCUT2D eigenvalue weighted by Crippen LogP contribution is -2.55. The first kappa shape index (κ1) is 14.9. The highest BCUT2D eigenvalue weighted by atomic mass is 19.1. The van der Waals surface area contributed by atoms with E-state index < -0.39 is 29.1 Å². The summed E-state index contributed by atoms with van der Waals surface area (Å²) in [4.78, 5) is 23.2. The molecular formula is C16H17F2NO3. The summed E-state index contributed by atoms with van der Waals surface area (Å²) in [6, 6.07) is 3.24. The number of nitrogens with one attached hydrogen (secondary N) is 1. The number of carbonyl (C=O) groups is 2. The summed E-state index contributed by atoms with van der Waals surface area (Å²) in [5.41, 5.74) is -0.433. The molecule has 2 atom stereocenters. The molecule has 0 bridgehead atoms. The molecule has 22 heavy (non-hydrogen) atoms. The molecule has 0 saturated heterocycles. The van der Waals surface area contributed by atoms with Crippen molar-refractivity contribution < 1.29 is 23.5 Å². The van der Waals surface area contributed by atoms with E-state index in [4.69, 9.17) is 5.11 Å². The van der Waals surface area contributed by atoms with E-state index in [9.17, 15) is 18.4 Å². The first-order chi connectivity index (χ1) is 10.4. The molecule has 4 nitrogen and oxygen atoms in total. The number of halogens is 2. The van der Waals surface area contributed by atoms with Gasteiger partial charge in [0.15, 0.2) is 0 Å². The monoisotopic (exact) mass is 309 g/mol. The van der Waals surface area contributed by atoms with Crippen molar-refractivity contribution in [3.8, 4) is 0 Å². The van der Waals surface area contributed by atoms with Gasteiger partial charge in [-0.3, -0.25) is 9.59 Å². The minimum Gasteiger partial charge on any atom is -0.481 e. The molecule has 2 N–H and O–H groups in total. The van der Waals surface area contributed by atoms with E-state index in [0.717, 1.165) is 24.6 Å². The Morgan fingerprint density at radius 1 is 1.32 bits per heavy atom. The van der Waals surface area contributed by atoms with Gasteiger partial charge in [0.05, 0.1) is 12.0 Å². The Kier molecular flexibility index (Phi) is 3.62. The SMILES string of the molecule is O=C(O)CC1(NC(=O)C2CC2c2cc(F)ccc2F)CCC1. The lowest BCUT2D eigenvalue weighted by Gasteiger charge is -2.41. The molecule has 2 aliphatic rings. The molecule has 2 saturated carbocycles. The van der Waals surface area contributed by atoms with E-state index in [2.05, 4.69) is 5.32 Å². The summed E-state index contributed by atoms with van der Waals surface area (Å²) in [5, 5.41) is 11.8. The maximum Gasteiger partial charge on any atom is 0.305 e. The number of carbonyl (C=O) groups excluding carboxylic acids is 1. The van der Waals surface area contributed by atoms with Crippen molar-refractivity contribution in [2.75, 3.05) is 0 Å². The van der Waals surface area contributed by atoms with Crippen LogP contribution >= 0.6 is 0 Å². The van der Waals surface area contributed by atoms with Gasteiger partial charge in [-0.2, -0.15) is 0 Å². The predicted octanol–water partition coefficient (Wildman–Crippen LogP) is 2.58. The van der Waals surface area contributed by atoms with E-state index in [1.807, 2.05) is 0 Å². The Labute approximate surface area is 126 Å². The highest BCUT2D eigenvalue weighted by molar-refractivity contribution is 5.84. The molecule has 6 heteroatoms. The molecular weight excluding hydrogens is 292 g/mol. The van der Waals surface area contributed by atoms with Crippen molar-refractivity contribution >= 4 is 11.9 Å². The summed E-state index contributed by atoms with van der Waals surface area (Å²) >= 11 is 0. The minimum atomic E-state index is -0.941. The molecule has 0 radical (unpaired) electrons. The number of benzene rings is 1. The van der Waals surface area contributed by atoms with Gasteiger partial charge in [-0.25, -0.2) is 8.78 Å². The summed E-state index contributed by atoms with van der Waals surface area (Å²) in [6.07, 6.45) is 2.56. The van der Waals surface area contributed by atoms with Crippen LogP contribution in [0.5, 0.6) is 0 Å². The van der Waals surface area contributed by atoms with Crippen molar-refractivity contribution in [1.82, 2.24) is 5.32 Å². The Hall–Kier alpha value is -1.98. The highest BCUT2D eigenvalue weighted by Gasteiger charge is 2.49. The van der Waals surface area contributed by atoms with Crippen LogP contribution in [0.15, 0.2) is 18.2 Å². The summed E-state index contributed by atoms with van der Waals surface area (Å²) in [5.74, 6) is -2.95. The van der Waals surface area contributed by atoms with Gasteiger partial charge < -0.3 is 10.4 Å². The Balaban J connectivity index is 1.65. The zero-order chi connectivity index (χ0) is 15.9. The van der Waals surface area contributed by atoms with Crippen LogP contribution in [-0.2, 0) is 9.59 Å². The van der Waals surface area contributed by atoms with E-state index in [0.29, 0.717) is 19.3 Å². The lowest BCUT2D eigenvalue weighted by molar-refractivity contribution is -0.140. The molecule has 1 aromatic rings. The third-order valence-corrected chi connectivity index (χ3v) is 4.67. The number of rotatable bonds is 5. The van der Waals surface area contributed by atoms with Gasteiger partial charge in [0.25, 0.3) is 0 Å². The highest BCUT2D eigenvalue weighted by Crippen LogP contribution is 2.49. The summed E-state index contributed by atoms with van der Waals surface area (Å²) in [7, 11) is 0. The zero-order valence-corrected chi connectivity index (χ0v) is 11.9. The van der Waals surface area contributed by atoms with Crippen molar-refractivity contribution in [2.45, 2.75) is 43.6 Å². The van der Waals surface area contributed by atoms with E-state index in [1.54, 1.807) is 0 Å². The van der Waals surface area contributed by atoms with Gasteiger partial charge in [0, 0.05) is 5.92 Å². The van der Waals surface area contributed by atoms with Crippen LogP contribution in [0.3, 0.4) is 0 Å². The molecule has 2 fully saturated rings. The summed E-state index contributed by atoms with van der Waals surface area (Å²) in [6.45, 7) is 0. The molecule has 2 unspecified atom stereocenters. The average molecular weight is 309 g/mol. The van der Waals surface area contributed by atoms with Crippen molar-refractivity contribution in [2.24, 2.45) is 5.92 Å². The normalized spacial score (nSPS) is 25.2. The van der Waals surface area contributed by atoms with Gasteiger partial charge in [-0.05, 0) is 55.4 Å². The van der Waals surface area contributed by atoms with Gasteiger partial charge in [0.1, 0.15) is 11.6 Å². The molecule has 3 rings (SSSR count). The predicted molar refractivity (Wildman–Crippen MR) is 74.2 cm³/mol. The van der Waals surface area contributed by atoms with Crippen LogP contribution in [0, 0.1) is 17.6 Å². The average Bonchev–Trinajstić information content (AvgIpc) is 3.18. The van der Waals surface area contributed by atoms with E-state index >= 15 is 0 Å². The largest absolute Gasteiger partial charge is 0.481 e. The van der Waals surface area contributed by atoms with Crippen molar-refractivity contribution in [3.05, 3.63) is 35.4 Å². The molecule has 0 spiro atoms. The van der Waals surface area contributed by atoms with Gasteiger partial charge in [-0.1, -0.05) is 0 Å². The fraction of sp³-hybridized carbons (Fsp3) is 0.500. The minimum absolute atomic E-state index is 0.0928. The number of amides is 1. The molecule has 118 valence electrons. The molecule has 2 aliphatic carbocycles. The number of hydrogen-bond acceptors (Lipinski definition) is 2. The van der Waals surface area contributed by atoms with Crippen molar-refractivity contribution in [1.29, 1.82) is 0 Å². The Bertz CT molecular complexity index is 628. The van der Waals surface area contributed by atoms with Crippen LogP contribution in [0.1, 0.15) is 43.6 Å². The Morgan fingerprint density at radius 3 is 2.64 bits per heavy atom. The van der Waals surface area contributed by atoms with Gasteiger partial charge in [-0.15, -0.1) is 0 Å². The van der Waals surface area contributed by atoms with Gasteiger partial charge >= 0.3 is 5.97 Å². The zero-order valence-electron chi connectivity index (χ0n) is 11.9. The van der Waals surface area contributed by atoms with E-state index in [1.165, 1.54) is 0 Å². The van der Waals surface area contributed by atoms with Crippen LogP contribution in [-0.4, -0.2) is 22.5 Å². The van der Waals surface area contributed by atoms with Crippen molar-refractivity contribution in [3.63, 3.8) is 0 Å². The molecule has 0 heterocycles. The van der Waals surface area contributed by atoms with Crippen LogP contribution < -0.4 is 5.32 Å². The smallest absolute Gasteiger partial charge is 0.305 e. The fourth-order valence-electron chi connectivity index (χ4n) is 3.22. The molecule has 1 amide bonds. The number of carboxylic acid groups (broad SMARTS) is 1. The number of hydrogen-bond donors (Lipinski definition) is 2. The topological polar surface area (TPSA) is 66.4 Å². The maximum atomic E-state index is 13.7. The first-order valence-electron chi connectivity index (χ1n) is 7.39. The number of carboxylic acids is 1. The van der Waals surface area contributed by atoms with E-state index in [-0.39, 0.29) is 23.8 Å². The fourth-order valence-corrected chi connectivity index (χ4v) is 3.22. The first-order valence-corrected chi connectivity index (χ1v) is 7.39. The van der Waals surface area contributed by atoms with Crippen LogP contribution in [0.25, 0.3) is 0 Å². The second-order valence-electron chi connectivity index (χ2n) is 6.31. The molecule has 0 aromatic heterocycles. The number of aliphatic carboxylic acids is 1. The lowest BCUT2D eigenvalue weighted by atomic mass is 9.74. The Morgan fingerprint density at radius 2 is 2.05 bits per heavy atom. The van der Waals surface area contributed by atoms with Crippen LogP contribution in [0.2, 0.25) is 0 Å². The quantitative estimate of drug-likeness (QED) is 0.878. The second-order valence-corrected chi connectivity index (χ2v) is 6.31. The third kappa shape index (κ3) is 2.82. The van der Waals surface area contributed by atoms with Gasteiger partial charge in [0.2, 0.25) is 5.91 Å². The molecule has 0 aliphatic heterocycles. The molecule has 1 aromatic carbocycles. The maximum absolute atomic E-state index is 13.7. The van der Waals surface area contributed by atoms with Crippen LogP contribution in [0.4, 0.5) is 8.78 Å². The summed E-state index contributed by atoms with van der Waals surface area (Å²) < 4.78 is 26.9.